The summed E-state index contributed by atoms with van der Waals surface area (Å²) >= 11 is 0. The molecule has 2 aromatic heterocycles. The summed E-state index contributed by atoms with van der Waals surface area (Å²) in [6.45, 7) is 6.75. The molecular formula is C30H33FN6O. The molecule has 2 aliphatic heterocycles. The highest BCUT2D eigenvalue weighted by atomic mass is 19.1. The molecular weight excluding hydrogens is 479 g/mol. The van der Waals surface area contributed by atoms with Crippen molar-refractivity contribution in [2.45, 2.75) is 45.2 Å². The molecule has 7 nitrogen and oxygen atoms in total. The van der Waals surface area contributed by atoms with E-state index in [1.165, 1.54) is 12.8 Å². The number of imidazole rings is 1. The molecule has 2 saturated heterocycles. The van der Waals surface area contributed by atoms with Gasteiger partial charge in [-0.3, -0.25) is 4.79 Å². The summed E-state index contributed by atoms with van der Waals surface area (Å²) in [6, 6.07) is 13.0. The molecule has 0 unspecified atom stereocenters. The van der Waals surface area contributed by atoms with Gasteiger partial charge in [0.15, 0.2) is 0 Å². The highest BCUT2D eigenvalue weighted by Gasteiger charge is 2.38. The van der Waals surface area contributed by atoms with Crippen LogP contribution in [0, 0.1) is 13.8 Å². The van der Waals surface area contributed by atoms with E-state index in [0.717, 1.165) is 52.5 Å². The van der Waals surface area contributed by atoms with Crippen LogP contribution in [0.2, 0.25) is 0 Å². The molecule has 6 rings (SSSR count). The lowest BCUT2D eigenvalue weighted by atomic mass is 9.85. The van der Waals surface area contributed by atoms with Crippen molar-refractivity contribution in [3.05, 3.63) is 70.9 Å². The smallest absolute Gasteiger partial charge is 0.254 e. The van der Waals surface area contributed by atoms with Crippen molar-refractivity contribution in [1.29, 1.82) is 0 Å². The molecule has 0 atom stereocenters. The first-order valence-electron chi connectivity index (χ1n) is 13.4. The number of anilines is 2. The molecule has 3 N–H and O–H groups in total. The number of aryl methyl sites for hydroxylation is 2. The van der Waals surface area contributed by atoms with Crippen molar-refractivity contribution in [3.63, 3.8) is 0 Å². The molecule has 0 saturated carbocycles. The molecule has 38 heavy (non-hydrogen) atoms. The number of halogens is 1. The van der Waals surface area contributed by atoms with Gasteiger partial charge in [-0.1, -0.05) is 18.2 Å². The predicted octanol–water partition coefficient (Wildman–Crippen LogP) is 5.53. The molecule has 0 spiro atoms. The van der Waals surface area contributed by atoms with E-state index < -0.39 is 5.67 Å². The van der Waals surface area contributed by atoms with Gasteiger partial charge in [0, 0.05) is 61.9 Å². The molecule has 2 fully saturated rings. The average molecular weight is 513 g/mol. The van der Waals surface area contributed by atoms with Crippen LogP contribution in [-0.2, 0) is 5.67 Å². The second-order valence-corrected chi connectivity index (χ2v) is 10.7. The largest absolute Gasteiger partial charge is 0.399 e. The van der Waals surface area contributed by atoms with E-state index in [1.54, 1.807) is 29.2 Å². The zero-order chi connectivity index (χ0) is 26.4. The third-order valence-corrected chi connectivity index (χ3v) is 8.11. The lowest BCUT2D eigenvalue weighted by Crippen LogP contribution is -2.43. The molecule has 8 heteroatoms. The van der Waals surface area contributed by atoms with Crippen molar-refractivity contribution >= 4 is 28.4 Å². The van der Waals surface area contributed by atoms with E-state index in [-0.39, 0.29) is 18.7 Å². The Morgan fingerprint density at radius 2 is 1.71 bits per heavy atom. The number of hydrogen-bond acceptors (Lipinski definition) is 5. The van der Waals surface area contributed by atoms with Gasteiger partial charge >= 0.3 is 0 Å². The molecule has 0 radical (unpaired) electrons. The fourth-order valence-electron chi connectivity index (χ4n) is 5.79. The number of H-pyrrole nitrogens is 1. The summed E-state index contributed by atoms with van der Waals surface area (Å²) in [5.74, 6) is 1.60. The number of pyridine rings is 1. The molecule has 4 aromatic rings. The van der Waals surface area contributed by atoms with Crippen LogP contribution in [0.5, 0.6) is 0 Å². The number of nitrogens with one attached hydrogen (secondary N) is 1. The van der Waals surface area contributed by atoms with Crippen LogP contribution in [0.25, 0.3) is 22.4 Å². The number of hydrogen-bond donors (Lipinski definition) is 2. The first kappa shape index (κ1) is 24.4. The minimum Gasteiger partial charge on any atom is -0.399 e. The standard InChI is InChI=1S/C30H33FN6O/c1-19-15-20(2)24(29(38)37-13-9-30(31,10-14-37)21-5-7-22(32)8-6-21)16-23(19)28-34-25-17-27(33-18-26(25)35-28)36-11-3-4-12-36/h5-8,15-18H,3-4,9-14,32H2,1-2H3,(H,34,35). The maximum absolute atomic E-state index is 15.7. The van der Waals surface area contributed by atoms with Crippen LogP contribution < -0.4 is 10.6 Å². The van der Waals surface area contributed by atoms with E-state index in [2.05, 4.69) is 14.9 Å². The van der Waals surface area contributed by atoms with Crippen LogP contribution in [0.15, 0.2) is 48.7 Å². The molecule has 0 bridgehead atoms. The minimum atomic E-state index is -1.45. The summed E-state index contributed by atoms with van der Waals surface area (Å²) in [4.78, 5) is 30.6. The Kier molecular flexibility index (Phi) is 6.05. The van der Waals surface area contributed by atoms with Gasteiger partial charge in [-0.2, -0.15) is 0 Å². The number of carbonyl (C=O) groups is 1. The van der Waals surface area contributed by atoms with Gasteiger partial charge in [0.25, 0.3) is 5.91 Å². The van der Waals surface area contributed by atoms with Crippen molar-refractivity contribution in [3.8, 4) is 11.4 Å². The lowest BCUT2D eigenvalue weighted by Gasteiger charge is -2.37. The molecule has 4 heterocycles. The van der Waals surface area contributed by atoms with Crippen LogP contribution in [0.4, 0.5) is 15.9 Å². The third-order valence-electron chi connectivity index (χ3n) is 8.11. The van der Waals surface area contributed by atoms with Gasteiger partial charge < -0.3 is 20.5 Å². The van der Waals surface area contributed by atoms with Crippen LogP contribution >= 0.6 is 0 Å². The molecule has 196 valence electrons. The Morgan fingerprint density at radius 1 is 1.00 bits per heavy atom. The number of fused-ring (bicyclic) bond motifs is 1. The van der Waals surface area contributed by atoms with E-state index in [0.29, 0.717) is 29.9 Å². The first-order chi connectivity index (χ1) is 18.3. The topological polar surface area (TPSA) is 91.1 Å². The number of nitrogens with two attached hydrogens (primary N) is 1. The highest BCUT2D eigenvalue weighted by Crippen LogP contribution is 2.38. The Balaban J connectivity index is 1.24. The number of carbonyl (C=O) groups excluding carboxylic acids is 1. The Morgan fingerprint density at radius 3 is 2.42 bits per heavy atom. The first-order valence-corrected chi connectivity index (χ1v) is 13.4. The second kappa shape index (κ2) is 9.42. The third kappa shape index (κ3) is 4.38. The predicted molar refractivity (Wildman–Crippen MR) is 149 cm³/mol. The van der Waals surface area contributed by atoms with Gasteiger partial charge in [-0.05, 0) is 61.6 Å². The fraction of sp³-hybridized carbons (Fsp3) is 0.367. The number of nitrogens with zero attached hydrogens (tertiary/aromatic N) is 4. The summed E-state index contributed by atoms with van der Waals surface area (Å²) in [6.07, 6.45) is 4.74. The van der Waals surface area contributed by atoms with Crippen molar-refractivity contribution in [2.75, 3.05) is 36.8 Å². The quantitative estimate of drug-likeness (QED) is 0.351. The SMILES string of the molecule is Cc1cc(C)c(-c2nc3cc(N4CCCC4)ncc3[nH]2)cc1C(=O)N1CCC(F)(c2ccc(N)cc2)CC1. The highest BCUT2D eigenvalue weighted by molar-refractivity contribution is 5.97. The second-order valence-electron chi connectivity index (χ2n) is 10.7. The average Bonchev–Trinajstić information content (AvgIpc) is 3.59. The maximum Gasteiger partial charge on any atom is 0.254 e. The minimum absolute atomic E-state index is 0.0720. The fourth-order valence-corrected chi connectivity index (χ4v) is 5.79. The van der Waals surface area contributed by atoms with Crippen molar-refractivity contribution < 1.29 is 9.18 Å². The number of piperidine rings is 1. The van der Waals surface area contributed by atoms with Gasteiger partial charge in [-0.15, -0.1) is 0 Å². The van der Waals surface area contributed by atoms with Crippen molar-refractivity contribution in [2.24, 2.45) is 0 Å². The summed E-state index contributed by atoms with van der Waals surface area (Å²) in [5, 5.41) is 0. The summed E-state index contributed by atoms with van der Waals surface area (Å²) in [5.41, 5.74) is 10.7. The van der Waals surface area contributed by atoms with Gasteiger partial charge in [-0.25, -0.2) is 14.4 Å². The molecule has 2 aromatic carbocycles. The van der Waals surface area contributed by atoms with Gasteiger partial charge in [0.1, 0.15) is 17.3 Å². The molecule has 1 amide bonds. The summed E-state index contributed by atoms with van der Waals surface area (Å²) in [7, 11) is 0. The van der Waals surface area contributed by atoms with E-state index in [1.807, 2.05) is 38.2 Å². The zero-order valence-electron chi connectivity index (χ0n) is 21.9. The Labute approximate surface area is 221 Å². The number of amides is 1. The van der Waals surface area contributed by atoms with Crippen LogP contribution in [0.1, 0.15) is 52.7 Å². The number of benzene rings is 2. The Bertz CT molecular complexity index is 1500. The van der Waals surface area contributed by atoms with E-state index in [4.69, 9.17) is 10.7 Å². The van der Waals surface area contributed by atoms with Gasteiger partial charge in [0.2, 0.25) is 0 Å². The zero-order valence-corrected chi connectivity index (χ0v) is 21.9. The number of aromatic nitrogens is 3. The summed E-state index contributed by atoms with van der Waals surface area (Å²) < 4.78 is 15.7. The monoisotopic (exact) mass is 512 g/mol. The molecule has 2 aliphatic rings. The lowest BCUT2D eigenvalue weighted by molar-refractivity contribution is 0.0421. The number of alkyl halides is 1. The number of aromatic amines is 1. The number of nitrogen functional groups attached to an aromatic ring is 1. The van der Waals surface area contributed by atoms with Crippen LogP contribution in [-0.4, -0.2) is 51.9 Å². The van der Waals surface area contributed by atoms with Gasteiger partial charge in [0.05, 0.1) is 17.2 Å². The Hall–Kier alpha value is -3.94. The van der Waals surface area contributed by atoms with Crippen LogP contribution in [0.3, 0.4) is 0 Å². The van der Waals surface area contributed by atoms with E-state index in [9.17, 15) is 4.79 Å². The number of rotatable bonds is 4. The normalized spacial score (nSPS) is 17.3. The maximum atomic E-state index is 15.7. The molecule has 0 aliphatic carbocycles. The number of likely N-dealkylation sites (tertiary alicyclic amines) is 1. The van der Waals surface area contributed by atoms with E-state index >= 15 is 4.39 Å². The van der Waals surface area contributed by atoms with Crippen molar-refractivity contribution in [1.82, 2.24) is 19.9 Å².